The molecule has 3 aromatic rings. The van der Waals surface area contributed by atoms with Gasteiger partial charge in [0, 0.05) is 57.2 Å². The number of carbonyl (C=O) groups excluding carboxylic acids is 1. The van der Waals surface area contributed by atoms with Crippen molar-refractivity contribution in [3.63, 3.8) is 0 Å². The molecule has 0 bridgehead atoms. The normalized spacial score (nSPS) is 14.4. The first-order valence-corrected chi connectivity index (χ1v) is 10.8. The van der Waals surface area contributed by atoms with E-state index in [0.717, 1.165) is 37.6 Å². The van der Waals surface area contributed by atoms with E-state index >= 15 is 0 Å². The summed E-state index contributed by atoms with van der Waals surface area (Å²) in [6.07, 6.45) is 3.88. The number of anilines is 1. The molecule has 0 saturated carbocycles. The maximum absolute atomic E-state index is 12.7. The molecule has 162 valence electrons. The van der Waals surface area contributed by atoms with Gasteiger partial charge in [0.15, 0.2) is 0 Å². The number of hydrogen-bond acceptors (Lipinski definition) is 4. The van der Waals surface area contributed by atoms with Gasteiger partial charge in [0.25, 0.3) is 0 Å². The molecule has 1 N–H and O–H groups in total. The quantitative estimate of drug-likeness (QED) is 0.633. The first-order valence-electron chi connectivity index (χ1n) is 10.8. The number of piperazine rings is 1. The zero-order chi connectivity index (χ0) is 21.5. The van der Waals surface area contributed by atoms with Crippen molar-refractivity contribution in [2.75, 3.05) is 44.6 Å². The average molecular weight is 420 g/mol. The smallest absolute Gasteiger partial charge is 0.322 e. The number of nitrogens with one attached hydrogen (secondary N) is 1. The van der Waals surface area contributed by atoms with Crippen LogP contribution in [0, 0.1) is 0 Å². The minimum absolute atomic E-state index is 0.0761. The minimum Gasteiger partial charge on any atom is -0.492 e. The van der Waals surface area contributed by atoms with Gasteiger partial charge in [0.2, 0.25) is 0 Å². The van der Waals surface area contributed by atoms with Gasteiger partial charge in [-0.1, -0.05) is 42.5 Å². The number of para-hydroxylation sites is 2. The number of aromatic nitrogens is 2. The minimum atomic E-state index is -0.0761. The zero-order valence-corrected chi connectivity index (χ0v) is 17.9. The molecular formula is C24H29N5O2. The highest BCUT2D eigenvalue weighted by Gasteiger charge is 2.22. The number of ether oxygens (including phenoxy) is 1. The molecule has 4 rings (SSSR count). The summed E-state index contributed by atoms with van der Waals surface area (Å²) in [6.45, 7) is 7.43. The van der Waals surface area contributed by atoms with Crippen molar-refractivity contribution in [3.8, 4) is 17.1 Å². The summed E-state index contributed by atoms with van der Waals surface area (Å²) in [5.41, 5.74) is 1.84. The van der Waals surface area contributed by atoms with E-state index in [0.29, 0.717) is 31.1 Å². The molecule has 1 aromatic heterocycles. The molecule has 31 heavy (non-hydrogen) atoms. The molecule has 0 unspecified atom stereocenters. The second-order valence-electron chi connectivity index (χ2n) is 7.50. The van der Waals surface area contributed by atoms with Crippen LogP contribution in [-0.2, 0) is 6.54 Å². The first kappa shape index (κ1) is 20.9. The third-order valence-corrected chi connectivity index (χ3v) is 5.49. The summed E-state index contributed by atoms with van der Waals surface area (Å²) in [7, 11) is 0. The van der Waals surface area contributed by atoms with Crippen LogP contribution in [0.15, 0.2) is 67.0 Å². The third kappa shape index (κ3) is 5.24. The Kier molecular flexibility index (Phi) is 6.84. The lowest BCUT2D eigenvalue weighted by Crippen LogP contribution is -2.50. The van der Waals surface area contributed by atoms with E-state index in [-0.39, 0.29) is 6.03 Å². The largest absolute Gasteiger partial charge is 0.492 e. The summed E-state index contributed by atoms with van der Waals surface area (Å²) >= 11 is 0. The number of hydrogen-bond donors (Lipinski definition) is 1. The fraction of sp³-hybridized carbons (Fsp3) is 0.333. The molecule has 0 radical (unpaired) electrons. The van der Waals surface area contributed by atoms with E-state index in [1.54, 1.807) is 0 Å². The molecular weight excluding hydrogens is 390 g/mol. The predicted octanol–water partition coefficient (Wildman–Crippen LogP) is 3.80. The van der Waals surface area contributed by atoms with Crippen LogP contribution >= 0.6 is 0 Å². The number of imidazole rings is 1. The number of urea groups is 1. The molecule has 7 heteroatoms. The van der Waals surface area contributed by atoms with Gasteiger partial charge in [-0.25, -0.2) is 9.78 Å². The van der Waals surface area contributed by atoms with Crippen molar-refractivity contribution >= 4 is 11.7 Å². The van der Waals surface area contributed by atoms with Crippen LogP contribution in [0.4, 0.5) is 10.5 Å². The second kappa shape index (κ2) is 10.1. The Balaban J connectivity index is 1.27. The van der Waals surface area contributed by atoms with Crippen LogP contribution < -0.4 is 10.1 Å². The number of amides is 2. The highest BCUT2D eigenvalue weighted by Crippen LogP contribution is 2.24. The summed E-state index contributed by atoms with van der Waals surface area (Å²) < 4.78 is 7.80. The molecule has 2 aromatic carbocycles. The van der Waals surface area contributed by atoms with Crippen LogP contribution in [-0.4, -0.2) is 64.7 Å². The average Bonchev–Trinajstić information content (AvgIpc) is 3.29. The second-order valence-corrected chi connectivity index (χ2v) is 7.50. The predicted molar refractivity (Wildman–Crippen MR) is 122 cm³/mol. The Bertz CT molecular complexity index is 980. The highest BCUT2D eigenvalue weighted by atomic mass is 16.5. The first-order chi connectivity index (χ1) is 15.2. The van der Waals surface area contributed by atoms with E-state index < -0.39 is 0 Å². The van der Waals surface area contributed by atoms with Crippen LogP contribution in [0.2, 0.25) is 0 Å². The van der Waals surface area contributed by atoms with Gasteiger partial charge >= 0.3 is 6.03 Å². The van der Waals surface area contributed by atoms with Crippen molar-refractivity contribution in [3.05, 3.63) is 67.0 Å². The Hall–Kier alpha value is -3.32. The summed E-state index contributed by atoms with van der Waals surface area (Å²) in [4.78, 5) is 21.5. The molecule has 7 nitrogen and oxygen atoms in total. The Morgan fingerprint density at radius 1 is 1.00 bits per heavy atom. The zero-order valence-electron chi connectivity index (χ0n) is 17.9. The van der Waals surface area contributed by atoms with Crippen LogP contribution in [0.3, 0.4) is 0 Å². The SMILES string of the molecule is CCOc1ccccc1NC(=O)N1CCN(CCn2ccnc2-c2ccccc2)CC1. The lowest BCUT2D eigenvalue weighted by Gasteiger charge is -2.34. The number of benzene rings is 2. The van der Waals surface area contributed by atoms with Gasteiger partial charge in [-0.05, 0) is 19.1 Å². The van der Waals surface area contributed by atoms with Gasteiger partial charge in [-0.15, -0.1) is 0 Å². The Morgan fingerprint density at radius 2 is 1.74 bits per heavy atom. The van der Waals surface area contributed by atoms with Crippen molar-refractivity contribution in [1.29, 1.82) is 0 Å². The number of nitrogens with zero attached hydrogens (tertiary/aromatic N) is 4. The molecule has 0 atom stereocenters. The standard InChI is InChI=1S/C24H29N5O2/c1-2-31-22-11-7-6-10-21(22)26-24(30)29-18-15-27(16-19-29)14-17-28-13-12-25-23(28)20-8-4-3-5-9-20/h3-13H,2,14-19H2,1H3,(H,26,30). The van der Waals surface area contributed by atoms with Gasteiger partial charge in [0.05, 0.1) is 12.3 Å². The maximum atomic E-state index is 12.7. The molecule has 2 heterocycles. The Morgan fingerprint density at radius 3 is 2.52 bits per heavy atom. The van der Waals surface area contributed by atoms with E-state index in [1.165, 1.54) is 0 Å². The number of rotatable bonds is 7. The van der Waals surface area contributed by atoms with Crippen molar-refractivity contribution in [2.45, 2.75) is 13.5 Å². The topological polar surface area (TPSA) is 62.6 Å². The molecule has 1 aliphatic heterocycles. The van der Waals surface area contributed by atoms with E-state index in [1.807, 2.05) is 66.7 Å². The highest BCUT2D eigenvalue weighted by molar-refractivity contribution is 5.91. The van der Waals surface area contributed by atoms with Gasteiger partial charge in [-0.2, -0.15) is 0 Å². The summed E-state index contributed by atoms with van der Waals surface area (Å²) in [6, 6.07) is 17.7. The fourth-order valence-corrected chi connectivity index (χ4v) is 3.81. The van der Waals surface area contributed by atoms with Crippen LogP contribution in [0.25, 0.3) is 11.4 Å². The molecule has 1 saturated heterocycles. The van der Waals surface area contributed by atoms with Gasteiger partial charge < -0.3 is 19.5 Å². The van der Waals surface area contributed by atoms with Crippen LogP contribution in [0.1, 0.15) is 6.92 Å². The van der Waals surface area contributed by atoms with Gasteiger partial charge in [0.1, 0.15) is 11.6 Å². The summed E-state index contributed by atoms with van der Waals surface area (Å²) in [5, 5.41) is 2.99. The van der Waals surface area contributed by atoms with Crippen molar-refractivity contribution in [2.24, 2.45) is 0 Å². The monoisotopic (exact) mass is 419 g/mol. The van der Waals surface area contributed by atoms with Crippen molar-refractivity contribution in [1.82, 2.24) is 19.4 Å². The fourth-order valence-electron chi connectivity index (χ4n) is 3.81. The lowest BCUT2D eigenvalue weighted by molar-refractivity contribution is 0.144. The number of carbonyl (C=O) groups is 1. The molecule has 1 fully saturated rings. The lowest BCUT2D eigenvalue weighted by atomic mass is 10.2. The molecule has 0 spiro atoms. The molecule has 0 aliphatic carbocycles. The summed E-state index contributed by atoms with van der Waals surface area (Å²) in [5.74, 6) is 1.69. The van der Waals surface area contributed by atoms with Gasteiger partial charge in [-0.3, -0.25) is 4.90 Å². The van der Waals surface area contributed by atoms with E-state index in [9.17, 15) is 4.79 Å². The maximum Gasteiger partial charge on any atom is 0.322 e. The Labute approximate surface area is 183 Å². The molecule has 2 amide bonds. The van der Waals surface area contributed by atoms with Crippen molar-refractivity contribution < 1.29 is 9.53 Å². The van der Waals surface area contributed by atoms with E-state index in [4.69, 9.17) is 4.74 Å². The van der Waals surface area contributed by atoms with Crippen LogP contribution in [0.5, 0.6) is 5.75 Å². The molecule has 1 aliphatic rings. The van der Waals surface area contributed by atoms with E-state index in [2.05, 4.69) is 31.9 Å². The third-order valence-electron chi connectivity index (χ3n) is 5.49.